The van der Waals surface area contributed by atoms with Crippen LogP contribution in [-0.2, 0) is 0 Å². The third kappa shape index (κ3) is 3.71. The fourth-order valence-corrected chi connectivity index (χ4v) is 3.73. The number of thioether (sulfide) groups is 1. The van der Waals surface area contributed by atoms with Gasteiger partial charge in [-0.05, 0) is 43.2 Å². The van der Waals surface area contributed by atoms with Crippen LogP contribution in [0.15, 0.2) is 47.9 Å². The molecule has 4 rings (SSSR count). The first-order valence-electron chi connectivity index (χ1n) is 8.52. The van der Waals surface area contributed by atoms with Gasteiger partial charge in [-0.2, -0.15) is 0 Å². The maximum absolute atomic E-state index is 13.5. The van der Waals surface area contributed by atoms with Crippen LogP contribution in [0.1, 0.15) is 29.2 Å². The second-order valence-electron chi connectivity index (χ2n) is 6.20. The molecule has 0 spiro atoms. The van der Waals surface area contributed by atoms with Crippen molar-refractivity contribution in [2.24, 2.45) is 0 Å². The topological polar surface area (TPSA) is 69.9 Å². The van der Waals surface area contributed by atoms with Gasteiger partial charge in [-0.25, -0.2) is 4.39 Å². The number of Topliss-reactive ketones (excluding diaryl/α,β-unsaturated/α-hetero) is 1. The highest BCUT2D eigenvalue weighted by Gasteiger charge is 2.30. The Morgan fingerprint density at radius 1 is 1.26 bits per heavy atom. The summed E-state index contributed by atoms with van der Waals surface area (Å²) in [4.78, 5) is 16.6. The molecule has 0 bridgehead atoms. The lowest BCUT2D eigenvalue weighted by Crippen LogP contribution is -2.07. The summed E-state index contributed by atoms with van der Waals surface area (Å²) in [5.74, 6) is 0.583. The molecule has 138 valence electrons. The second kappa shape index (κ2) is 7.48. The first-order valence-corrected chi connectivity index (χ1v) is 9.51. The maximum atomic E-state index is 13.5. The number of hydrogen-bond donors (Lipinski definition) is 0. The Bertz CT molecular complexity index is 973. The van der Waals surface area contributed by atoms with E-state index in [9.17, 15) is 9.18 Å². The fraction of sp³-hybridized carbons (Fsp3) is 0.263. The van der Waals surface area contributed by atoms with Gasteiger partial charge >= 0.3 is 0 Å². The molecule has 1 fully saturated rings. The van der Waals surface area contributed by atoms with Gasteiger partial charge in [0.25, 0.3) is 0 Å². The first-order chi connectivity index (χ1) is 13.2. The largest absolute Gasteiger partial charge is 0.496 e. The average Bonchev–Trinajstić information content (AvgIpc) is 3.45. The number of carbonyl (C=O) groups excluding carboxylic acids is 1. The zero-order chi connectivity index (χ0) is 18.8. The lowest BCUT2D eigenvalue weighted by atomic mass is 10.1. The van der Waals surface area contributed by atoms with Crippen LogP contribution in [-0.4, -0.2) is 38.4 Å². The minimum atomic E-state index is -0.467. The second-order valence-corrected chi connectivity index (χ2v) is 7.14. The molecule has 0 amide bonds. The lowest BCUT2D eigenvalue weighted by Gasteiger charge is -2.09. The van der Waals surface area contributed by atoms with Gasteiger partial charge in [0.15, 0.2) is 16.8 Å². The Morgan fingerprint density at radius 2 is 2.04 bits per heavy atom. The van der Waals surface area contributed by atoms with Crippen molar-refractivity contribution in [2.75, 3.05) is 12.9 Å². The van der Waals surface area contributed by atoms with Crippen LogP contribution in [0.5, 0.6) is 5.75 Å². The number of hydrogen-bond acceptors (Lipinski definition) is 6. The summed E-state index contributed by atoms with van der Waals surface area (Å²) in [6.45, 7) is 0. The van der Waals surface area contributed by atoms with Gasteiger partial charge in [0.05, 0.1) is 18.4 Å². The van der Waals surface area contributed by atoms with E-state index < -0.39 is 5.82 Å². The van der Waals surface area contributed by atoms with Crippen LogP contribution in [0, 0.1) is 5.82 Å². The molecule has 0 saturated heterocycles. The summed E-state index contributed by atoms with van der Waals surface area (Å²) in [7, 11) is 1.46. The van der Waals surface area contributed by atoms with E-state index in [1.807, 2.05) is 12.1 Å². The van der Waals surface area contributed by atoms with E-state index in [1.165, 1.54) is 37.1 Å². The normalized spacial score (nSPS) is 13.6. The molecule has 0 unspecified atom stereocenters. The SMILES string of the molecule is COc1ccc(F)cc1C(=O)CSc1nnc(-c2ccncc2)n1C1CC1. The molecule has 1 saturated carbocycles. The molecule has 2 heterocycles. The van der Waals surface area contributed by atoms with Crippen molar-refractivity contribution in [3.63, 3.8) is 0 Å². The summed E-state index contributed by atoms with van der Waals surface area (Å²) in [6.07, 6.45) is 5.56. The quantitative estimate of drug-likeness (QED) is 0.456. The minimum Gasteiger partial charge on any atom is -0.496 e. The van der Waals surface area contributed by atoms with Gasteiger partial charge in [-0.15, -0.1) is 10.2 Å². The number of nitrogens with zero attached hydrogens (tertiary/aromatic N) is 4. The molecule has 0 aliphatic heterocycles. The van der Waals surface area contributed by atoms with E-state index >= 15 is 0 Å². The molecule has 6 nitrogen and oxygen atoms in total. The molecule has 2 aromatic heterocycles. The van der Waals surface area contributed by atoms with Gasteiger partial charge in [-0.1, -0.05) is 11.8 Å². The van der Waals surface area contributed by atoms with Gasteiger partial charge in [0.2, 0.25) is 0 Å². The number of ketones is 1. The van der Waals surface area contributed by atoms with E-state index in [4.69, 9.17) is 4.74 Å². The van der Waals surface area contributed by atoms with E-state index in [2.05, 4.69) is 19.7 Å². The molecule has 1 aromatic carbocycles. The molecule has 0 atom stereocenters. The van der Waals surface area contributed by atoms with Crippen LogP contribution >= 0.6 is 11.8 Å². The van der Waals surface area contributed by atoms with Crippen molar-refractivity contribution >= 4 is 17.5 Å². The Hall–Kier alpha value is -2.74. The van der Waals surface area contributed by atoms with Crippen molar-refractivity contribution in [1.82, 2.24) is 19.7 Å². The fourth-order valence-electron chi connectivity index (χ4n) is 2.84. The number of halogens is 1. The Morgan fingerprint density at radius 3 is 2.74 bits per heavy atom. The summed E-state index contributed by atoms with van der Waals surface area (Å²) in [5, 5.41) is 9.28. The van der Waals surface area contributed by atoms with Crippen molar-refractivity contribution < 1.29 is 13.9 Å². The molecule has 3 aromatic rings. The van der Waals surface area contributed by atoms with Crippen molar-refractivity contribution in [2.45, 2.75) is 24.0 Å². The molecule has 27 heavy (non-hydrogen) atoms. The monoisotopic (exact) mass is 384 g/mol. The Kier molecular flexibility index (Phi) is 4.89. The molecular weight excluding hydrogens is 367 g/mol. The van der Waals surface area contributed by atoms with Crippen molar-refractivity contribution in [1.29, 1.82) is 0 Å². The van der Waals surface area contributed by atoms with Crippen LogP contribution in [0.25, 0.3) is 11.4 Å². The van der Waals surface area contributed by atoms with E-state index in [1.54, 1.807) is 12.4 Å². The Balaban J connectivity index is 1.56. The highest BCUT2D eigenvalue weighted by atomic mass is 32.2. The van der Waals surface area contributed by atoms with E-state index in [0.29, 0.717) is 16.9 Å². The number of methoxy groups -OCH3 is 1. The number of pyridine rings is 1. The van der Waals surface area contributed by atoms with Gasteiger partial charge in [0.1, 0.15) is 11.6 Å². The van der Waals surface area contributed by atoms with Gasteiger partial charge in [0, 0.05) is 24.0 Å². The summed E-state index contributed by atoms with van der Waals surface area (Å²) >= 11 is 1.31. The highest BCUT2D eigenvalue weighted by molar-refractivity contribution is 7.99. The first kappa shape index (κ1) is 17.7. The van der Waals surface area contributed by atoms with Crippen molar-refractivity contribution in [3.05, 3.63) is 54.1 Å². The third-order valence-electron chi connectivity index (χ3n) is 4.31. The number of benzene rings is 1. The number of rotatable bonds is 7. The molecule has 0 N–H and O–H groups in total. The summed E-state index contributed by atoms with van der Waals surface area (Å²) in [6, 6.07) is 8.06. The van der Waals surface area contributed by atoms with E-state index in [-0.39, 0.29) is 17.1 Å². The predicted octanol–water partition coefficient (Wildman–Crippen LogP) is 3.80. The minimum absolute atomic E-state index is 0.126. The zero-order valence-corrected chi connectivity index (χ0v) is 15.4. The molecular formula is C19H17FN4O2S. The molecule has 0 radical (unpaired) electrons. The van der Waals surface area contributed by atoms with E-state index in [0.717, 1.165) is 24.2 Å². The van der Waals surface area contributed by atoms with Crippen molar-refractivity contribution in [3.8, 4) is 17.1 Å². The van der Waals surface area contributed by atoms with Gasteiger partial charge < -0.3 is 4.74 Å². The lowest BCUT2D eigenvalue weighted by molar-refractivity contribution is 0.101. The molecule has 8 heteroatoms. The third-order valence-corrected chi connectivity index (χ3v) is 5.25. The predicted molar refractivity (Wildman–Crippen MR) is 99.5 cm³/mol. The molecule has 1 aliphatic rings. The van der Waals surface area contributed by atoms with Crippen LogP contribution < -0.4 is 4.74 Å². The Labute approximate surface area is 159 Å². The summed E-state index contributed by atoms with van der Waals surface area (Å²) in [5.41, 5.74) is 1.17. The summed E-state index contributed by atoms with van der Waals surface area (Å²) < 4.78 is 20.8. The zero-order valence-electron chi connectivity index (χ0n) is 14.6. The van der Waals surface area contributed by atoms with Gasteiger partial charge in [-0.3, -0.25) is 14.3 Å². The average molecular weight is 384 g/mol. The van der Waals surface area contributed by atoms with Crippen LogP contribution in [0.3, 0.4) is 0 Å². The van der Waals surface area contributed by atoms with Crippen LogP contribution in [0.4, 0.5) is 4.39 Å². The highest BCUT2D eigenvalue weighted by Crippen LogP contribution is 2.41. The maximum Gasteiger partial charge on any atom is 0.192 e. The standard InChI is InChI=1S/C19H17FN4O2S/c1-26-17-5-2-13(20)10-15(17)16(25)11-27-19-23-22-18(24(19)14-3-4-14)12-6-8-21-9-7-12/h2,5-10,14H,3-4,11H2,1H3. The smallest absolute Gasteiger partial charge is 0.192 e. The van der Waals surface area contributed by atoms with Crippen LogP contribution in [0.2, 0.25) is 0 Å². The number of aromatic nitrogens is 4. The molecule has 1 aliphatic carbocycles. The number of carbonyl (C=O) groups is 1. The number of ether oxygens (including phenoxy) is 1.